The Balaban J connectivity index is 2.38. The zero-order valence-electron chi connectivity index (χ0n) is 7.70. The van der Waals surface area contributed by atoms with E-state index in [4.69, 9.17) is 0 Å². The van der Waals surface area contributed by atoms with Crippen molar-refractivity contribution < 1.29 is 4.39 Å². The fourth-order valence-electron chi connectivity index (χ4n) is 1.23. The molecule has 0 fully saturated rings. The number of nitrogens with zero attached hydrogens (tertiary/aromatic N) is 3. The van der Waals surface area contributed by atoms with Crippen molar-refractivity contribution in [3.63, 3.8) is 0 Å². The number of halogens is 1. The third-order valence-corrected chi connectivity index (χ3v) is 1.80. The zero-order chi connectivity index (χ0) is 8.97. The molecule has 0 aromatic heterocycles. The average molecular weight is 173 g/mol. The summed E-state index contributed by atoms with van der Waals surface area (Å²) in [5.41, 5.74) is 0. The van der Waals surface area contributed by atoms with Crippen LogP contribution in [-0.4, -0.2) is 35.8 Å². The molecule has 4 heteroatoms. The maximum absolute atomic E-state index is 13.4. The van der Waals surface area contributed by atoms with E-state index in [-0.39, 0.29) is 0 Å². The maximum Gasteiger partial charge on any atom is 0.265 e. The van der Waals surface area contributed by atoms with Gasteiger partial charge in [-0.15, -0.1) is 0 Å². The minimum Gasteiger partial charge on any atom is -0.313 e. The molecule has 0 saturated carbocycles. The van der Waals surface area contributed by atoms with Crippen molar-refractivity contribution in [3.05, 3.63) is 0 Å². The van der Waals surface area contributed by atoms with Crippen LogP contribution in [0.1, 0.15) is 26.7 Å². The zero-order valence-corrected chi connectivity index (χ0v) is 7.70. The topological polar surface area (TPSA) is 18.8 Å². The molecule has 3 nitrogen and oxygen atoms in total. The Labute approximate surface area is 72.8 Å². The lowest BCUT2D eigenvalue weighted by Gasteiger charge is -2.22. The van der Waals surface area contributed by atoms with Crippen molar-refractivity contribution in [3.8, 4) is 0 Å². The number of hydrazone groups is 1. The highest BCUT2D eigenvalue weighted by molar-refractivity contribution is 5.56. The smallest absolute Gasteiger partial charge is 0.265 e. The van der Waals surface area contributed by atoms with Crippen LogP contribution in [0.2, 0.25) is 0 Å². The summed E-state index contributed by atoms with van der Waals surface area (Å²) in [5.74, 6) is 0. The highest BCUT2D eigenvalue weighted by Gasteiger charge is 2.25. The monoisotopic (exact) mass is 173 g/mol. The van der Waals surface area contributed by atoms with Gasteiger partial charge in [0.05, 0.1) is 0 Å². The van der Waals surface area contributed by atoms with E-state index in [1.54, 1.807) is 11.2 Å². The quantitative estimate of drug-likeness (QED) is 0.601. The van der Waals surface area contributed by atoms with E-state index in [1.807, 2.05) is 13.8 Å². The van der Waals surface area contributed by atoms with Crippen LogP contribution in [-0.2, 0) is 0 Å². The first-order valence-corrected chi connectivity index (χ1v) is 4.50. The Morgan fingerprint density at radius 3 is 2.58 bits per heavy atom. The SMILES string of the molecule is CCCN1C=NN(CCC)C1F. The maximum atomic E-state index is 13.4. The molecular weight excluding hydrogens is 157 g/mol. The van der Waals surface area contributed by atoms with E-state index in [1.165, 1.54) is 5.01 Å². The van der Waals surface area contributed by atoms with Crippen LogP contribution in [0.4, 0.5) is 4.39 Å². The third-order valence-electron chi connectivity index (χ3n) is 1.80. The Bertz CT molecular complexity index is 144. The molecular formula is C8H16FN3. The fourth-order valence-corrected chi connectivity index (χ4v) is 1.23. The predicted molar refractivity (Wildman–Crippen MR) is 47.4 cm³/mol. The van der Waals surface area contributed by atoms with Gasteiger partial charge in [-0.2, -0.15) is 9.49 Å². The van der Waals surface area contributed by atoms with E-state index in [2.05, 4.69) is 5.10 Å². The summed E-state index contributed by atoms with van der Waals surface area (Å²) >= 11 is 0. The van der Waals surface area contributed by atoms with Gasteiger partial charge in [0, 0.05) is 13.1 Å². The fraction of sp³-hybridized carbons (Fsp3) is 0.875. The second kappa shape index (κ2) is 4.28. The molecule has 0 aromatic carbocycles. The van der Waals surface area contributed by atoms with E-state index < -0.39 is 6.42 Å². The minimum absolute atomic E-state index is 0.692. The highest BCUT2D eigenvalue weighted by Crippen LogP contribution is 2.13. The second-order valence-corrected chi connectivity index (χ2v) is 2.94. The van der Waals surface area contributed by atoms with Crippen LogP contribution >= 0.6 is 0 Å². The normalized spacial score (nSPS) is 22.4. The van der Waals surface area contributed by atoms with Crippen LogP contribution in [0.5, 0.6) is 0 Å². The van der Waals surface area contributed by atoms with Crippen LogP contribution in [0.25, 0.3) is 0 Å². The number of alkyl halides is 1. The van der Waals surface area contributed by atoms with Gasteiger partial charge in [-0.05, 0) is 12.8 Å². The molecule has 0 N–H and O–H groups in total. The molecule has 1 aliphatic rings. The van der Waals surface area contributed by atoms with Crippen LogP contribution in [0.3, 0.4) is 0 Å². The summed E-state index contributed by atoms with van der Waals surface area (Å²) in [6.45, 7) is 5.48. The van der Waals surface area contributed by atoms with Gasteiger partial charge in [-0.1, -0.05) is 13.8 Å². The van der Waals surface area contributed by atoms with E-state index in [9.17, 15) is 4.39 Å². The Hall–Kier alpha value is -0.800. The molecule has 70 valence electrons. The second-order valence-electron chi connectivity index (χ2n) is 2.94. The molecule has 0 radical (unpaired) electrons. The molecule has 1 heterocycles. The van der Waals surface area contributed by atoms with Crippen molar-refractivity contribution in [2.75, 3.05) is 13.1 Å². The van der Waals surface area contributed by atoms with Crippen molar-refractivity contribution in [1.29, 1.82) is 0 Å². The van der Waals surface area contributed by atoms with Gasteiger partial charge in [-0.3, -0.25) is 0 Å². The van der Waals surface area contributed by atoms with Gasteiger partial charge in [-0.25, -0.2) is 5.01 Å². The molecule has 0 saturated heterocycles. The predicted octanol–water partition coefficient (Wildman–Crippen LogP) is 1.62. The Morgan fingerprint density at radius 1 is 1.33 bits per heavy atom. The Morgan fingerprint density at radius 2 is 2.00 bits per heavy atom. The molecule has 1 unspecified atom stereocenters. The summed E-state index contributed by atoms with van der Waals surface area (Å²) in [7, 11) is 0. The van der Waals surface area contributed by atoms with Gasteiger partial charge in [0.2, 0.25) is 0 Å². The first-order valence-electron chi connectivity index (χ1n) is 4.50. The molecule has 0 spiro atoms. The van der Waals surface area contributed by atoms with Crippen molar-refractivity contribution in [2.45, 2.75) is 33.1 Å². The van der Waals surface area contributed by atoms with Crippen molar-refractivity contribution in [1.82, 2.24) is 9.91 Å². The molecule has 1 atom stereocenters. The molecule has 1 rings (SSSR count). The van der Waals surface area contributed by atoms with Crippen LogP contribution in [0, 0.1) is 0 Å². The average Bonchev–Trinajstić information content (AvgIpc) is 2.38. The first kappa shape index (κ1) is 9.29. The molecule has 0 amide bonds. The number of rotatable bonds is 4. The summed E-state index contributed by atoms with van der Waals surface area (Å²) < 4.78 is 13.4. The van der Waals surface area contributed by atoms with Gasteiger partial charge in [0.1, 0.15) is 6.34 Å². The lowest BCUT2D eigenvalue weighted by Crippen LogP contribution is -2.36. The summed E-state index contributed by atoms with van der Waals surface area (Å²) in [6, 6.07) is 0. The molecule has 12 heavy (non-hydrogen) atoms. The van der Waals surface area contributed by atoms with Crippen molar-refractivity contribution in [2.24, 2.45) is 5.10 Å². The van der Waals surface area contributed by atoms with Crippen LogP contribution < -0.4 is 0 Å². The molecule has 0 bridgehead atoms. The number of hydrogen-bond donors (Lipinski definition) is 0. The molecule has 0 aromatic rings. The summed E-state index contributed by atoms with van der Waals surface area (Å²) in [6.07, 6.45) is 2.43. The number of hydrogen-bond acceptors (Lipinski definition) is 3. The van der Waals surface area contributed by atoms with E-state index in [0.717, 1.165) is 19.4 Å². The first-order chi connectivity index (χ1) is 5.79. The third kappa shape index (κ3) is 1.87. The largest absolute Gasteiger partial charge is 0.313 e. The molecule has 1 aliphatic heterocycles. The minimum atomic E-state index is -1.04. The lowest BCUT2D eigenvalue weighted by molar-refractivity contribution is 0.0157. The standard InChI is InChI=1S/C8H16FN3/c1-3-5-11-7-10-12(6-4-2)8(11)9/h7-8H,3-6H2,1-2H3. The lowest BCUT2D eigenvalue weighted by atomic mass is 10.4. The van der Waals surface area contributed by atoms with Crippen molar-refractivity contribution >= 4 is 6.34 Å². The van der Waals surface area contributed by atoms with Crippen LogP contribution in [0.15, 0.2) is 5.10 Å². The van der Waals surface area contributed by atoms with Gasteiger partial charge in [0.25, 0.3) is 6.42 Å². The van der Waals surface area contributed by atoms with E-state index in [0.29, 0.717) is 6.54 Å². The van der Waals surface area contributed by atoms with Gasteiger partial charge >= 0.3 is 0 Å². The van der Waals surface area contributed by atoms with Gasteiger partial charge in [0.15, 0.2) is 0 Å². The summed E-state index contributed by atoms with van der Waals surface area (Å²) in [4.78, 5) is 1.62. The van der Waals surface area contributed by atoms with Gasteiger partial charge < -0.3 is 4.90 Å². The Kier molecular flexibility index (Phi) is 3.31. The molecule has 0 aliphatic carbocycles. The van der Waals surface area contributed by atoms with E-state index >= 15 is 0 Å². The highest BCUT2D eigenvalue weighted by atomic mass is 19.1. The summed E-state index contributed by atoms with van der Waals surface area (Å²) in [5, 5.41) is 5.45.